The Morgan fingerprint density at radius 3 is 2.18 bits per heavy atom. The third-order valence-corrected chi connectivity index (χ3v) is 9.49. The molecular weight excluding hydrogens is 681 g/mol. The summed E-state index contributed by atoms with van der Waals surface area (Å²) in [6, 6.07) is 21.9. The molecule has 1 amide bonds. The minimum absolute atomic E-state index is 0.0696. The van der Waals surface area contributed by atoms with Gasteiger partial charge in [-0.15, -0.1) is 5.10 Å². The first-order valence-corrected chi connectivity index (χ1v) is 16.4. The highest BCUT2D eigenvalue weighted by atomic mass is 32.2. The lowest BCUT2D eigenvalue weighted by Crippen LogP contribution is -2.38. The van der Waals surface area contributed by atoms with Gasteiger partial charge >= 0.3 is 0 Å². The molecule has 5 aromatic rings. The first-order chi connectivity index (χ1) is 24.0. The second-order valence-corrected chi connectivity index (χ2v) is 12.7. The molecule has 9 nitrogen and oxygen atoms in total. The molecule has 0 spiro atoms. The van der Waals surface area contributed by atoms with Crippen LogP contribution in [0.5, 0.6) is 0 Å². The number of halogens is 5. The molecule has 4 atom stereocenters. The van der Waals surface area contributed by atoms with E-state index in [4.69, 9.17) is 9.47 Å². The van der Waals surface area contributed by atoms with E-state index < -0.39 is 46.8 Å². The largest absolute Gasteiger partial charge is 0.392 e. The van der Waals surface area contributed by atoms with Gasteiger partial charge in [0.05, 0.1) is 18.8 Å². The summed E-state index contributed by atoms with van der Waals surface area (Å²) < 4.78 is 83.7. The lowest BCUT2D eigenvalue weighted by atomic mass is 9.91. The van der Waals surface area contributed by atoms with Gasteiger partial charge in [0.15, 0.2) is 29.6 Å². The number of aliphatic hydroxyl groups is 1. The summed E-state index contributed by atoms with van der Waals surface area (Å²) in [7, 11) is 1.76. The highest BCUT2D eigenvalue weighted by Crippen LogP contribution is 2.43. The molecule has 0 aliphatic carbocycles. The molecule has 1 aliphatic rings. The van der Waals surface area contributed by atoms with Crippen LogP contribution in [-0.4, -0.2) is 43.1 Å². The summed E-state index contributed by atoms with van der Waals surface area (Å²) in [6.45, 7) is 1.72. The number of hydrogen-bond donors (Lipinski definition) is 2. The van der Waals surface area contributed by atoms with Crippen molar-refractivity contribution in [2.24, 2.45) is 13.0 Å². The molecule has 50 heavy (non-hydrogen) atoms. The van der Waals surface area contributed by atoms with Crippen LogP contribution in [0.4, 0.5) is 22.0 Å². The minimum Gasteiger partial charge on any atom is -0.392 e. The number of aromatic nitrogens is 4. The van der Waals surface area contributed by atoms with Crippen LogP contribution in [0.3, 0.4) is 0 Å². The molecule has 1 fully saturated rings. The van der Waals surface area contributed by atoms with Crippen molar-refractivity contribution in [1.82, 2.24) is 25.5 Å². The number of benzene rings is 4. The van der Waals surface area contributed by atoms with Gasteiger partial charge in [-0.25, -0.2) is 26.6 Å². The number of ether oxygens (including phenoxy) is 2. The molecule has 1 aromatic heterocycles. The van der Waals surface area contributed by atoms with Gasteiger partial charge in [0.25, 0.3) is 5.91 Å². The number of amides is 1. The Hall–Kier alpha value is -4.70. The molecule has 0 saturated carbocycles. The number of nitrogens with zero attached hydrogens (tertiary/aromatic N) is 4. The highest BCUT2D eigenvalue weighted by Gasteiger charge is 2.39. The molecule has 2 heterocycles. The normalized spacial score (nSPS) is 19.0. The zero-order chi connectivity index (χ0) is 35.5. The lowest BCUT2D eigenvalue weighted by Gasteiger charge is -2.41. The average Bonchev–Trinajstić information content (AvgIpc) is 3.56. The predicted molar refractivity (Wildman–Crippen MR) is 172 cm³/mol. The van der Waals surface area contributed by atoms with Crippen LogP contribution in [0.15, 0.2) is 78.0 Å². The number of aryl methyl sites for hydroxylation is 1. The Labute approximate surface area is 287 Å². The SMILES string of the molecule is C[C@@H]1[C@H](CSc2nnnn2C)O[C@H](c2cccc(-c3cccc(CNC(=O)c4c(F)c(F)c(F)c(F)c4F)c3)c2)O[C@@H]1c1ccc(CO)cc1. The summed E-state index contributed by atoms with van der Waals surface area (Å²) in [6.07, 6.45) is -1.38. The molecule has 1 saturated heterocycles. The van der Waals surface area contributed by atoms with Crippen LogP contribution in [0, 0.1) is 35.0 Å². The summed E-state index contributed by atoms with van der Waals surface area (Å²) in [4.78, 5) is 12.5. The number of hydrogen-bond acceptors (Lipinski definition) is 8. The zero-order valence-electron chi connectivity index (χ0n) is 26.6. The van der Waals surface area contributed by atoms with Crippen molar-refractivity contribution in [3.63, 3.8) is 0 Å². The third-order valence-electron chi connectivity index (χ3n) is 8.39. The Kier molecular flexibility index (Phi) is 10.6. The number of thioether (sulfide) groups is 1. The van der Waals surface area contributed by atoms with Crippen molar-refractivity contribution in [3.8, 4) is 11.1 Å². The summed E-state index contributed by atoms with van der Waals surface area (Å²) >= 11 is 1.46. The second-order valence-electron chi connectivity index (χ2n) is 11.7. The maximum absolute atomic E-state index is 14.2. The Bertz CT molecular complexity index is 1990. The number of nitrogens with one attached hydrogen (secondary N) is 1. The van der Waals surface area contributed by atoms with E-state index >= 15 is 0 Å². The van der Waals surface area contributed by atoms with E-state index in [9.17, 15) is 31.9 Å². The maximum Gasteiger partial charge on any atom is 0.257 e. The zero-order valence-corrected chi connectivity index (χ0v) is 27.4. The molecular formula is C35H30F5N5O4S. The average molecular weight is 712 g/mol. The molecule has 6 rings (SSSR count). The van der Waals surface area contributed by atoms with Crippen LogP contribution >= 0.6 is 11.8 Å². The van der Waals surface area contributed by atoms with Gasteiger partial charge in [-0.3, -0.25) is 4.79 Å². The van der Waals surface area contributed by atoms with Gasteiger partial charge in [-0.05, 0) is 50.4 Å². The predicted octanol–water partition coefficient (Wildman–Crippen LogP) is 6.58. The number of carbonyl (C=O) groups excluding carboxylic acids is 1. The monoisotopic (exact) mass is 711 g/mol. The van der Waals surface area contributed by atoms with E-state index in [1.165, 1.54) is 11.8 Å². The van der Waals surface area contributed by atoms with Crippen molar-refractivity contribution in [2.75, 3.05) is 5.75 Å². The summed E-state index contributed by atoms with van der Waals surface area (Å²) in [5.41, 5.74) is 2.87. The minimum atomic E-state index is -2.34. The Morgan fingerprint density at radius 2 is 1.52 bits per heavy atom. The smallest absolute Gasteiger partial charge is 0.257 e. The van der Waals surface area contributed by atoms with Crippen molar-refractivity contribution in [3.05, 3.63) is 130 Å². The van der Waals surface area contributed by atoms with Crippen molar-refractivity contribution >= 4 is 17.7 Å². The lowest BCUT2D eigenvalue weighted by molar-refractivity contribution is -0.268. The molecule has 0 unspecified atom stereocenters. The first-order valence-electron chi connectivity index (χ1n) is 15.4. The fraction of sp³-hybridized carbons (Fsp3) is 0.257. The first kappa shape index (κ1) is 35.1. The molecule has 15 heteroatoms. The van der Waals surface area contributed by atoms with E-state index in [0.29, 0.717) is 16.5 Å². The summed E-state index contributed by atoms with van der Waals surface area (Å²) in [5, 5.41) is 24.1. The van der Waals surface area contributed by atoms with Gasteiger partial charge in [0.1, 0.15) is 5.56 Å². The molecule has 1 aliphatic heterocycles. The van der Waals surface area contributed by atoms with Crippen LogP contribution in [-0.2, 0) is 29.7 Å². The number of aliphatic hydroxyl groups excluding tert-OH is 1. The highest BCUT2D eigenvalue weighted by molar-refractivity contribution is 7.99. The van der Waals surface area contributed by atoms with Crippen molar-refractivity contribution < 1.29 is 41.3 Å². The summed E-state index contributed by atoms with van der Waals surface area (Å²) in [5.74, 6) is -12.1. The van der Waals surface area contributed by atoms with Gasteiger partial charge < -0.3 is 19.9 Å². The van der Waals surface area contributed by atoms with E-state index in [1.807, 2.05) is 61.5 Å². The fourth-order valence-electron chi connectivity index (χ4n) is 5.61. The van der Waals surface area contributed by atoms with Crippen LogP contribution in [0.25, 0.3) is 11.1 Å². The Morgan fingerprint density at radius 1 is 0.860 bits per heavy atom. The number of carbonyl (C=O) groups is 1. The Balaban J connectivity index is 1.22. The van der Waals surface area contributed by atoms with Crippen LogP contribution in [0.2, 0.25) is 0 Å². The van der Waals surface area contributed by atoms with Crippen molar-refractivity contribution in [1.29, 1.82) is 0 Å². The van der Waals surface area contributed by atoms with E-state index in [-0.39, 0.29) is 31.3 Å². The fourth-order valence-corrected chi connectivity index (χ4v) is 6.62. The number of rotatable bonds is 10. The van der Waals surface area contributed by atoms with Crippen LogP contribution in [0.1, 0.15) is 51.9 Å². The van der Waals surface area contributed by atoms with Crippen molar-refractivity contribution in [2.45, 2.75) is 43.7 Å². The molecule has 2 N–H and O–H groups in total. The quantitative estimate of drug-likeness (QED) is 0.0724. The third kappa shape index (κ3) is 7.26. The van der Waals surface area contributed by atoms with Gasteiger partial charge in [0.2, 0.25) is 11.0 Å². The van der Waals surface area contributed by atoms with E-state index in [2.05, 4.69) is 20.8 Å². The second kappa shape index (κ2) is 15.0. The topological polar surface area (TPSA) is 111 Å². The standard InChI is InChI=1S/C35H30F5N5O4S/c1-18-25(17-50-35-42-43-44-45(35)2)48-34(49-32(18)21-11-9-19(16-46)10-12-21)24-8-4-7-23(14-24)22-6-3-5-20(13-22)15-41-33(47)26-27(36)29(38)31(40)30(39)28(26)37/h3-14,18,25,32,34,46H,15-17H2,1-2H3,(H,41,47)/t18-,25+,32+,34+/m1/s1. The van der Waals surface area contributed by atoms with E-state index in [0.717, 1.165) is 27.8 Å². The van der Waals surface area contributed by atoms with Gasteiger partial charge in [-0.2, -0.15) is 0 Å². The molecule has 260 valence electrons. The molecule has 4 aromatic carbocycles. The van der Waals surface area contributed by atoms with Gasteiger partial charge in [-0.1, -0.05) is 79.3 Å². The number of tetrazole rings is 1. The van der Waals surface area contributed by atoms with E-state index in [1.54, 1.807) is 29.9 Å². The molecule has 0 radical (unpaired) electrons. The maximum atomic E-state index is 14.2. The molecule has 0 bridgehead atoms. The van der Waals surface area contributed by atoms with Gasteiger partial charge in [0, 0.05) is 30.8 Å². The van der Waals surface area contributed by atoms with Crippen LogP contribution < -0.4 is 5.32 Å².